The highest BCUT2D eigenvalue weighted by molar-refractivity contribution is 5.94. The first-order valence-electron chi connectivity index (χ1n) is 8.88. The fraction of sp³-hybridized carbons (Fsp3) is 0.556. The summed E-state index contributed by atoms with van der Waals surface area (Å²) in [5.41, 5.74) is 0.415. The molecule has 134 valence electrons. The Hall–Kier alpha value is -2.44. The fourth-order valence-electron chi connectivity index (χ4n) is 3.64. The summed E-state index contributed by atoms with van der Waals surface area (Å²) >= 11 is 0. The van der Waals surface area contributed by atoms with Gasteiger partial charge < -0.3 is 10.2 Å². The van der Waals surface area contributed by atoms with Crippen molar-refractivity contribution >= 4 is 17.5 Å². The molecule has 25 heavy (non-hydrogen) atoms. The maximum atomic E-state index is 12.5. The summed E-state index contributed by atoms with van der Waals surface area (Å²) in [4.78, 5) is 36.7. The van der Waals surface area contributed by atoms with Gasteiger partial charge in [-0.15, -0.1) is 0 Å². The van der Waals surface area contributed by atoms with Crippen LogP contribution < -0.4 is 5.32 Å². The molecular weight excluding hydrogens is 322 g/mol. The molecule has 1 heterocycles. The minimum absolute atomic E-state index is 0.0264. The minimum Gasteiger partial charge on any atom is -0.353 e. The maximum absolute atomic E-state index is 12.5. The molecular formula is C18H23N3O4. The van der Waals surface area contributed by atoms with Crippen molar-refractivity contribution in [3.8, 4) is 0 Å². The molecule has 1 aliphatic heterocycles. The number of nitro benzene ring substituents is 1. The third kappa shape index (κ3) is 4.15. The van der Waals surface area contributed by atoms with Crippen LogP contribution in [0.1, 0.15) is 48.9 Å². The van der Waals surface area contributed by atoms with Crippen LogP contribution in [0.3, 0.4) is 0 Å². The molecule has 1 aliphatic carbocycles. The van der Waals surface area contributed by atoms with E-state index in [1.54, 1.807) is 4.90 Å². The third-order valence-electron chi connectivity index (χ3n) is 5.18. The van der Waals surface area contributed by atoms with Crippen LogP contribution in [0.15, 0.2) is 24.3 Å². The van der Waals surface area contributed by atoms with Crippen molar-refractivity contribution in [2.75, 3.05) is 13.1 Å². The Morgan fingerprint density at radius 2 is 1.64 bits per heavy atom. The van der Waals surface area contributed by atoms with Gasteiger partial charge in [-0.25, -0.2) is 0 Å². The number of nitrogens with one attached hydrogen (secondary N) is 1. The van der Waals surface area contributed by atoms with Crippen molar-refractivity contribution in [2.24, 2.45) is 5.92 Å². The first kappa shape index (κ1) is 17.4. The van der Waals surface area contributed by atoms with E-state index in [0.717, 1.165) is 12.8 Å². The molecule has 0 radical (unpaired) electrons. The van der Waals surface area contributed by atoms with Crippen LogP contribution in [0.25, 0.3) is 0 Å². The molecule has 7 heteroatoms. The van der Waals surface area contributed by atoms with Crippen LogP contribution in [-0.4, -0.2) is 40.8 Å². The zero-order valence-corrected chi connectivity index (χ0v) is 14.1. The van der Waals surface area contributed by atoms with Crippen LogP contribution >= 0.6 is 0 Å². The van der Waals surface area contributed by atoms with E-state index in [-0.39, 0.29) is 23.4 Å². The molecule has 2 fully saturated rings. The maximum Gasteiger partial charge on any atom is 0.269 e. The lowest BCUT2D eigenvalue weighted by atomic mass is 9.95. The van der Waals surface area contributed by atoms with Gasteiger partial charge in [-0.3, -0.25) is 19.7 Å². The van der Waals surface area contributed by atoms with E-state index in [9.17, 15) is 19.7 Å². The number of carbonyl (C=O) groups excluding carboxylic acids is 2. The van der Waals surface area contributed by atoms with E-state index in [4.69, 9.17) is 0 Å². The van der Waals surface area contributed by atoms with Gasteiger partial charge in [0.1, 0.15) is 0 Å². The van der Waals surface area contributed by atoms with Crippen molar-refractivity contribution < 1.29 is 14.5 Å². The van der Waals surface area contributed by atoms with Gasteiger partial charge >= 0.3 is 0 Å². The average Bonchev–Trinajstić information content (AvgIpc) is 3.14. The minimum atomic E-state index is -0.483. The lowest BCUT2D eigenvalue weighted by Crippen LogP contribution is -2.44. The van der Waals surface area contributed by atoms with Crippen molar-refractivity contribution in [1.29, 1.82) is 0 Å². The first-order chi connectivity index (χ1) is 12.0. The third-order valence-corrected chi connectivity index (χ3v) is 5.18. The Balaban J connectivity index is 1.51. The number of piperidine rings is 1. The number of nitrogens with zero attached hydrogens (tertiary/aromatic N) is 2. The molecule has 1 aromatic rings. The highest BCUT2D eigenvalue weighted by Crippen LogP contribution is 2.23. The second-order valence-corrected chi connectivity index (χ2v) is 6.86. The van der Waals surface area contributed by atoms with E-state index in [2.05, 4.69) is 5.32 Å². The van der Waals surface area contributed by atoms with E-state index in [0.29, 0.717) is 37.5 Å². The number of hydrogen-bond acceptors (Lipinski definition) is 4. The standard InChI is InChI=1S/C18H23N3O4/c22-17(19-15-3-1-2-4-15)13-9-11-20(12-10-13)18(23)14-5-7-16(8-6-14)21(24)25/h5-8,13,15H,1-4,9-12H2,(H,19,22). The summed E-state index contributed by atoms with van der Waals surface area (Å²) in [5.74, 6) is -0.0413. The van der Waals surface area contributed by atoms with Gasteiger partial charge in [0.2, 0.25) is 5.91 Å². The lowest BCUT2D eigenvalue weighted by molar-refractivity contribution is -0.384. The van der Waals surface area contributed by atoms with Gasteiger partial charge in [-0.05, 0) is 37.8 Å². The Kier molecular flexibility index (Phi) is 5.31. The molecule has 1 saturated carbocycles. The van der Waals surface area contributed by atoms with E-state index < -0.39 is 4.92 Å². The van der Waals surface area contributed by atoms with E-state index in [1.165, 1.54) is 37.1 Å². The Morgan fingerprint density at radius 3 is 2.20 bits per heavy atom. The molecule has 0 bridgehead atoms. The predicted molar refractivity (Wildman–Crippen MR) is 92.1 cm³/mol. The number of likely N-dealkylation sites (tertiary alicyclic amines) is 1. The summed E-state index contributed by atoms with van der Waals surface area (Å²) in [6, 6.07) is 5.98. The number of hydrogen-bond donors (Lipinski definition) is 1. The second kappa shape index (κ2) is 7.63. The summed E-state index contributed by atoms with van der Waals surface area (Å²) in [6.45, 7) is 1.08. The summed E-state index contributed by atoms with van der Waals surface area (Å²) < 4.78 is 0. The quantitative estimate of drug-likeness (QED) is 0.670. The van der Waals surface area contributed by atoms with Crippen molar-refractivity contribution in [3.05, 3.63) is 39.9 Å². The number of rotatable bonds is 4. The summed E-state index contributed by atoms with van der Waals surface area (Å²) in [6.07, 6.45) is 5.85. The lowest BCUT2D eigenvalue weighted by Gasteiger charge is -2.32. The Bertz CT molecular complexity index is 645. The van der Waals surface area contributed by atoms with Gasteiger partial charge in [0.05, 0.1) is 4.92 Å². The summed E-state index contributed by atoms with van der Waals surface area (Å²) in [7, 11) is 0. The SMILES string of the molecule is O=C(NC1CCCC1)C1CCN(C(=O)c2ccc([N+](=O)[O-])cc2)CC1. The molecule has 0 atom stereocenters. The molecule has 0 unspecified atom stereocenters. The molecule has 3 rings (SSSR count). The summed E-state index contributed by atoms with van der Waals surface area (Å²) in [5, 5.41) is 13.8. The van der Waals surface area contributed by atoms with Gasteiger partial charge in [0.25, 0.3) is 11.6 Å². The molecule has 1 saturated heterocycles. The topological polar surface area (TPSA) is 92.6 Å². The average molecular weight is 345 g/mol. The smallest absolute Gasteiger partial charge is 0.269 e. The Morgan fingerprint density at radius 1 is 1.04 bits per heavy atom. The van der Waals surface area contributed by atoms with Gasteiger partial charge in [-0.2, -0.15) is 0 Å². The number of benzene rings is 1. The van der Waals surface area contributed by atoms with Crippen LogP contribution in [-0.2, 0) is 4.79 Å². The number of amides is 2. The molecule has 1 N–H and O–H groups in total. The van der Waals surface area contributed by atoms with Crippen LogP contribution in [0.4, 0.5) is 5.69 Å². The molecule has 1 aromatic carbocycles. The highest BCUT2D eigenvalue weighted by atomic mass is 16.6. The molecule has 2 aliphatic rings. The monoisotopic (exact) mass is 345 g/mol. The number of non-ortho nitro benzene ring substituents is 1. The molecule has 0 spiro atoms. The zero-order chi connectivity index (χ0) is 17.8. The molecule has 2 amide bonds. The van der Waals surface area contributed by atoms with Crippen LogP contribution in [0.2, 0.25) is 0 Å². The predicted octanol–water partition coefficient (Wildman–Crippen LogP) is 2.51. The van der Waals surface area contributed by atoms with Gasteiger partial charge in [0.15, 0.2) is 0 Å². The van der Waals surface area contributed by atoms with E-state index >= 15 is 0 Å². The number of nitro groups is 1. The highest BCUT2D eigenvalue weighted by Gasteiger charge is 2.29. The Labute approximate surface area is 146 Å². The first-order valence-corrected chi connectivity index (χ1v) is 8.88. The van der Waals surface area contributed by atoms with Crippen LogP contribution in [0.5, 0.6) is 0 Å². The van der Waals surface area contributed by atoms with Crippen molar-refractivity contribution in [1.82, 2.24) is 10.2 Å². The van der Waals surface area contributed by atoms with E-state index in [1.807, 2.05) is 0 Å². The molecule has 7 nitrogen and oxygen atoms in total. The fourth-order valence-corrected chi connectivity index (χ4v) is 3.64. The van der Waals surface area contributed by atoms with Gasteiger partial charge in [-0.1, -0.05) is 12.8 Å². The molecule has 0 aromatic heterocycles. The number of carbonyl (C=O) groups is 2. The van der Waals surface area contributed by atoms with Crippen molar-refractivity contribution in [2.45, 2.75) is 44.6 Å². The second-order valence-electron chi connectivity index (χ2n) is 6.86. The van der Waals surface area contributed by atoms with Crippen molar-refractivity contribution in [3.63, 3.8) is 0 Å². The van der Waals surface area contributed by atoms with Crippen LogP contribution in [0, 0.1) is 16.0 Å². The normalized spacial score (nSPS) is 19.0. The largest absolute Gasteiger partial charge is 0.353 e. The zero-order valence-electron chi connectivity index (χ0n) is 14.1. The van der Waals surface area contributed by atoms with Gasteiger partial charge in [0, 0.05) is 42.7 Å².